The highest BCUT2D eigenvalue weighted by Crippen LogP contribution is 2.10. The summed E-state index contributed by atoms with van der Waals surface area (Å²) < 4.78 is 0. The van der Waals surface area contributed by atoms with Crippen LogP contribution in [0.3, 0.4) is 0 Å². The molecule has 0 saturated heterocycles. The van der Waals surface area contributed by atoms with Gasteiger partial charge >= 0.3 is 0 Å². The van der Waals surface area contributed by atoms with Gasteiger partial charge in [-0.25, -0.2) is 4.98 Å². The van der Waals surface area contributed by atoms with Crippen molar-refractivity contribution in [2.75, 3.05) is 19.3 Å². The van der Waals surface area contributed by atoms with Crippen molar-refractivity contribution in [3.63, 3.8) is 0 Å². The Morgan fingerprint density at radius 3 is 3.09 bits per heavy atom. The van der Waals surface area contributed by atoms with Crippen LogP contribution in [0, 0.1) is 0 Å². The molecule has 1 N–H and O–H groups in total. The van der Waals surface area contributed by atoms with Crippen LogP contribution in [0.25, 0.3) is 0 Å². The normalized spacial score (nSPS) is 9.91. The maximum absolute atomic E-state index is 4.12. The summed E-state index contributed by atoms with van der Waals surface area (Å²) in [5.41, 5.74) is 0. The highest BCUT2D eigenvalue weighted by atomic mass is 32.2. The van der Waals surface area contributed by atoms with E-state index in [0.717, 1.165) is 17.3 Å². The van der Waals surface area contributed by atoms with Gasteiger partial charge in [0.15, 0.2) is 0 Å². The first-order chi connectivity index (χ1) is 5.43. The van der Waals surface area contributed by atoms with E-state index in [0.29, 0.717) is 0 Å². The maximum Gasteiger partial charge on any atom is 0.114 e. The molecule has 0 aromatic carbocycles. The standard InChI is InChI=1S/C7H11N3S/c1-8-4-5-11-7-6-9-2-3-10-7/h2-3,6,8H,4-5H2,1H3. The summed E-state index contributed by atoms with van der Waals surface area (Å²) in [5.74, 6) is 1.04. The lowest BCUT2D eigenvalue weighted by molar-refractivity contribution is 0.870. The van der Waals surface area contributed by atoms with Gasteiger partial charge in [0.1, 0.15) is 5.03 Å². The van der Waals surface area contributed by atoms with Crippen LogP contribution in [0.5, 0.6) is 0 Å². The average molecular weight is 169 g/mol. The summed E-state index contributed by atoms with van der Waals surface area (Å²) in [6, 6.07) is 0. The number of rotatable bonds is 4. The molecule has 0 saturated carbocycles. The van der Waals surface area contributed by atoms with E-state index in [9.17, 15) is 0 Å². The molecule has 0 fully saturated rings. The topological polar surface area (TPSA) is 37.8 Å². The second kappa shape index (κ2) is 5.09. The molecule has 0 aliphatic heterocycles. The van der Waals surface area contributed by atoms with Crippen LogP contribution in [-0.4, -0.2) is 29.3 Å². The lowest BCUT2D eigenvalue weighted by Gasteiger charge is -1.97. The van der Waals surface area contributed by atoms with Gasteiger partial charge in [0, 0.05) is 24.7 Å². The van der Waals surface area contributed by atoms with E-state index in [4.69, 9.17) is 0 Å². The Labute approximate surface area is 70.6 Å². The summed E-state index contributed by atoms with van der Waals surface area (Å²) in [5, 5.41) is 4.06. The van der Waals surface area contributed by atoms with E-state index >= 15 is 0 Å². The molecule has 0 radical (unpaired) electrons. The van der Waals surface area contributed by atoms with Crippen molar-refractivity contribution in [1.82, 2.24) is 15.3 Å². The van der Waals surface area contributed by atoms with Gasteiger partial charge in [0.05, 0.1) is 6.20 Å². The van der Waals surface area contributed by atoms with E-state index in [-0.39, 0.29) is 0 Å². The minimum atomic E-state index is 0.989. The predicted molar refractivity (Wildman–Crippen MR) is 46.7 cm³/mol. The second-order valence-corrected chi connectivity index (χ2v) is 3.11. The van der Waals surface area contributed by atoms with Crippen molar-refractivity contribution >= 4 is 11.8 Å². The van der Waals surface area contributed by atoms with Crippen molar-refractivity contribution in [2.45, 2.75) is 5.03 Å². The van der Waals surface area contributed by atoms with Gasteiger partial charge in [-0.05, 0) is 7.05 Å². The first-order valence-electron chi connectivity index (χ1n) is 3.47. The van der Waals surface area contributed by atoms with Crippen molar-refractivity contribution in [1.29, 1.82) is 0 Å². The smallest absolute Gasteiger partial charge is 0.114 e. The zero-order valence-corrected chi connectivity index (χ0v) is 7.27. The highest BCUT2D eigenvalue weighted by Gasteiger charge is 1.91. The Bertz CT molecular complexity index is 190. The number of aromatic nitrogens is 2. The molecule has 1 heterocycles. The molecule has 1 aromatic heterocycles. The van der Waals surface area contributed by atoms with E-state index < -0.39 is 0 Å². The number of hydrogen-bond acceptors (Lipinski definition) is 4. The Balaban J connectivity index is 2.28. The van der Waals surface area contributed by atoms with Crippen LogP contribution in [-0.2, 0) is 0 Å². The molecule has 0 atom stereocenters. The molecule has 3 nitrogen and oxygen atoms in total. The van der Waals surface area contributed by atoms with Crippen LogP contribution in [0.4, 0.5) is 0 Å². The maximum atomic E-state index is 4.12. The molecule has 1 rings (SSSR count). The molecule has 0 aliphatic carbocycles. The van der Waals surface area contributed by atoms with Crippen LogP contribution in [0.15, 0.2) is 23.6 Å². The fourth-order valence-corrected chi connectivity index (χ4v) is 1.40. The Morgan fingerprint density at radius 1 is 1.55 bits per heavy atom. The van der Waals surface area contributed by atoms with Gasteiger partial charge in [0.2, 0.25) is 0 Å². The van der Waals surface area contributed by atoms with Gasteiger partial charge in [-0.3, -0.25) is 4.98 Å². The van der Waals surface area contributed by atoms with Crippen LogP contribution in [0.1, 0.15) is 0 Å². The largest absolute Gasteiger partial charge is 0.319 e. The minimum Gasteiger partial charge on any atom is -0.319 e. The van der Waals surface area contributed by atoms with Gasteiger partial charge in [-0.2, -0.15) is 0 Å². The number of hydrogen-bond donors (Lipinski definition) is 1. The first kappa shape index (κ1) is 8.49. The molecule has 1 aromatic rings. The molecule has 11 heavy (non-hydrogen) atoms. The van der Waals surface area contributed by atoms with Gasteiger partial charge in [0.25, 0.3) is 0 Å². The lowest BCUT2D eigenvalue weighted by atomic mass is 10.8. The zero-order valence-electron chi connectivity index (χ0n) is 6.45. The molecule has 0 unspecified atom stereocenters. The molecule has 4 heteroatoms. The van der Waals surface area contributed by atoms with Gasteiger partial charge in [-0.15, -0.1) is 11.8 Å². The third-order valence-corrected chi connectivity index (χ3v) is 2.06. The lowest BCUT2D eigenvalue weighted by Crippen LogP contribution is -2.09. The Kier molecular flexibility index (Phi) is 3.93. The number of nitrogens with one attached hydrogen (secondary N) is 1. The molecule has 60 valence electrons. The highest BCUT2D eigenvalue weighted by molar-refractivity contribution is 7.99. The molecule has 0 aliphatic rings. The number of thioether (sulfide) groups is 1. The summed E-state index contributed by atoms with van der Waals surface area (Å²) in [7, 11) is 1.94. The number of nitrogens with zero attached hydrogens (tertiary/aromatic N) is 2. The monoisotopic (exact) mass is 169 g/mol. The average Bonchev–Trinajstić information content (AvgIpc) is 2.07. The Hall–Kier alpha value is -0.610. The Morgan fingerprint density at radius 2 is 2.45 bits per heavy atom. The third-order valence-electron chi connectivity index (χ3n) is 1.14. The van der Waals surface area contributed by atoms with Crippen molar-refractivity contribution in [2.24, 2.45) is 0 Å². The third kappa shape index (κ3) is 3.34. The second-order valence-electron chi connectivity index (χ2n) is 2.00. The van der Waals surface area contributed by atoms with Crippen molar-refractivity contribution in [3.8, 4) is 0 Å². The van der Waals surface area contributed by atoms with E-state index in [1.54, 1.807) is 30.4 Å². The summed E-state index contributed by atoms with van der Waals surface area (Å²) in [6.07, 6.45) is 5.17. The molecular formula is C7H11N3S. The van der Waals surface area contributed by atoms with Crippen LogP contribution < -0.4 is 5.32 Å². The van der Waals surface area contributed by atoms with E-state index in [2.05, 4.69) is 15.3 Å². The van der Waals surface area contributed by atoms with Crippen LogP contribution in [0.2, 0.25) is 0 Å². The van der Waals surface area contributed by atoms with Crippen LogP contribution >= 0.6 is 11.8 Å². The van der Waals surface area contributed by atoms with Crippen molar-refractivity contribution < 1.29 is 0 Å². The first-order valence-corrected chi connectivity index (χ1v) is 4.45. The molecule has 0 bridgehead atoms. The van der Waals surface area contributed by atoms with E-state index in [1.807, 2.05) is 7.05 Å². The van der Waals surface area contributed by atoms with E-state index in [1.165, 1.54) is 0 Å². The zero-order chi connectivity index (χ0) is 7.94. The summed E-state index contributed by atoms with van der Waals surface area (Å²) in [4.78, 5) is 8.08. The fourth-order valence-electron chi connectivity index (χ4n) is 0.618. The van der Waals surface area contributed by atoms with Gasteiger partial charge in [-0.1, -0.05) is 0 Å². The summed E-state index contributed by atoms with van der Waals surface area (Å²) >= 11 is 1.71. The van der Waals surface area contributed by atoms with Crippen molar-refractivity contribution in [3.05, 3.63) is 18.6 Å². The SMILES string of the molecule is CNCCSc1cnccn1. The molecule has 0 amide bonds. The predicted octanol–water partition coefficient (Wildman–Crippen LogP) is 0.788. The quantitative estimate of drug-likeness (QED) is 0.534. The molecule has 0 spiro atoms. The summed E-state index contributed by atoms with van der Waals surface area (Å²) in [6.45, 7) is 1.00. The molecular weight excluding hydrogens is 158 g/mol. The minimum absolute atomic E-state index is 0.989. The fraction of sp³-hybridized carbons (Fsp3) is 0.429. The van der Waals surface area contributed by atoms with Gasteiger partial charge < -0.3 is 5.32 Å².